The molecular weight excluding hydrogens is 324 g/mol. The molecular formula is C15H13ClN2O5. The van der Waals surface area contributed by atoms with Gasteiger partial charge in [0.05, 0.1) is 10.6 Å². The lowest BCUT2D eigenvalue weighted by atomic mass is 10.2. The van der Waals surface area contributed by atoms with E-state index in [1.54, 1.807) is 24.3 Å². The summed E-state index contributed by atoms with van der Waals surface area (Å²) in [6.07, 6.45) is -0.896. The molecule has 2 N–H and O–H groups in total. The number of amides is 1. The highest BCUT2D eigenvalue weighted by Crippen LogP contribution is 2.28. The molecule has 0 aliphatic carbocycles. The third-order valence-corrected chi connectivity index (χ3v) is 3.16. The minimum atomic E-state index is -0.896. The van der Waals surface area contributed by atoms with Gasteiger partial charge in [-0.2, -0.15) is 0 Å². The number of carbonyl (C=O) groups is 1. The van der Waals surface area contributed by atoms with Crippen LogP contribution in [-0.2, 0) is 4.79 Å². The van der Waals surface area contributed by atoms with E-state index in [0.717, 1.165) is 18.2 Å². The van der Waals surface area contributed by atoms with Crippen LogP contribution in [0.4, 0.5) is 11.4 Å². The Morgan fingerprint density at radius 1 is 1.35 bits per heavy atom. The number of nitro groups is 1. The number of hydrogen-bond donors (Lipinski definition) is 2. The first kappa shape index (κ1) is 16.6. The zero-order chi connectivity index (χ0) is 17.0. The lowest BCUT2D eigenvalue weighted by Crippen LogP contribution is -2.30. The molecule has 0 saturated heterocycles. The number of aromatic hydroxyl groups is 1. The number of anilines is 1. The maximum atomic E-state index is 12.1. The van der Waals surface area contributed by atoms with Crippen molar-refractivity contribution in [3.05, 3.63) is 57.6 Å². The predicted molar refractivity (Wildman–Crippen MR) is 84.9 cm³/mol. The van der Waals surface area contributed by atoms with Gasteiger partial charge in [-0.1, -0.05) is 17.7 Å². The van der Waals surface area contributed by atoms with Gasteiger partial charge < -0.3 is 15.2 Å². The molecule has 0 heterocycles. The smallest absolute Gasteiger partial charge is 0.271 e. The van der Waals surface area contributed by atoms with Gasteiger partial charge in [0.15, 0.2) is 6.10 Å². The fourth-order valence-electron chi connectivity index (χ4n) is 1.77. The molecule has 0 spiro atoms. The van der Waals surface area contributed by atoms with E-state index in [9.17, 15) is 20.0 Å². The highest BCUT2D eigenvalue weighted by atomic mass is 35.5. The normalized spacial score (nSPS) is 11.6. The summed E-state index contributed by atoms with van der Waals surface area (Å²) in [6.45, 7) is 1.50. The Labute approximate surface area is 136 Å². The molecule has 2 rings (SSSR count). The number of hydrogen-bond acceptors (Lipinski definition) is 5. The van der Waals surface area contributed by atoms with E-state index >= 15 is 0 Å². The minimum absolute atomic E-state index is 0.0641. The van der Waals surface area contributed by atoms with Gasteiger partial charge in [-0.25, -0.2) is 0 Å². The van der Waals surface area contributed by atoms with Gasteiger partial charge in [-0.3, -0.25) is 14.9 Å². The molecule has 1 unspecified atom stereocenters. The zero-order valence-electron chi connectivity index (χ0n) is 12.0. The molecule has 0 saturated carbocycles. The van der Waals surface area contributed by atoms with E-state index < -0.39 is 16.9 Å². The van der Waals surface area contributed by atoms with Crippen molar-refractivity contribution in [3.8, 4) is 11.5 Å². The first-order valence-corrected chi connectivity index (χ1v) is 6.95. The fourth-order valence-corrected chi connectivity index (χ4v) is 1.95. The number of nitro benzene ring substituents is 1. The molecule has 8 heteroatoms. The molecule has 0 aliphatic heterocycles. The summed E-state index contributed by atoms with van der Waals surface area (Å²) < 4.78 is 5.43. The molecule has 0 bridgehead atoms. The van der Waals surface area contributed by atoms with Gasteiger partial charge in [0.2, 0.25) is 0 Å². The summed E-state index contributed by atoms with van der Waals surface area (Å²) in [5, 5.41) is 23.3. The van der Waals surface area contributed by atoms with Gasteiger partial charge >= 0.3 is 0 Å². The van der Waals surface area contributed by atoms with Crippen molar-refractivity contribution >= 4 is 28.9 Å². The number of nitrogens with one attached hydrogen (secondary N) is 1. The van der Waals surface area contributed by atoms with Gasteiger partial charge in [-0.05, 0) is 31.2 Å². The average Bonchev–Trinajstić information content (AvgIpc) is 2.49. The van der Waals surface area contributed by atoms with Crippen molar-refractivity contribution in [2.75, 3.05) is 5.32 Å². The molecule has 2 aromatic rings. The first-order chi connectivity index (χ1) is 10.9. The van der Waals surface area contributed by atoms with E-state index in [1.807, 2.05) is 0 Å². The van der Waals surface area contributed by atoms with E-state index in [1.165, 1.54) is 6.92 Å². The molecule has 2 aromatic carbocycles. The second-order valence-electron chi connectivity index (χ2n) is 4.67. The standard InChI is InChI=1S/C15H13ClN2O5/c1-9(23-12-4-2-3-10(16)7-12)15(20)17-13-8-11(18(21)22)5-6-14(13)19/h2-9,19H,1H3,(H,17,20). The van der Waals surface area contributed by atoms with E-state index in [2.05, 4.69) is 5.32 Å². The van der Waals surface area contributed by atoms with Crippen molar-refractivity contribution in [1.29, 1.82) is 0 Å². The van der Waals surface area contributed by atoms with Crippen LogP contribution < -0.4 is 10.1 Å². The lowest BCUT2D eigenvalue weighted by Gasteiger charge is -2.15. The third-order valence-electron chi connectivity index (χ3n) is 2.93. The van der Waals surface area contributed by atoms with Crippen LogP contribution in [0.1, 0.15) is 6.92 Å². The first-order valence-electron chi connectivity index (χ1n) is 6.57. The van der Waals surface area contributed by atoms with Crippen LogP contribution in [0, 0.1) is 10.1 Å². The number of ether oxygens (including phenoxy) is 1. The van der Waals surface area contributed by atoms with Crippen molar-refractivity contribution in [3.63, 3.8) is 0 Å². The van der Waals surface area contributed by atoms with Crippen LogP contribution in [-0.4, -0.2) is 22.0 Å². The monoisotopic (exact) mass is 336 g/mol. The van der Waals surface area contributed by atoms with E-state index in [0.29, 0.717) is 10.8 Å². The van der Waals surface area contributed by atoms with Gasteiger partial charge in [0.1, 0.15) is 11.5 Å². The summed E-state index contributed by atoms with van der Waals surface area (Å²) in [5.41, 5.74) is -0.313. The number of nitrogens with zero attached hydrogens (tertiary/aromatic N) is 1. The number of phenols is 1. The molecule has 0 radical (unpaired) electrons. The third kappa shape index (κ3) is 4.33. The van der Waals surface area contributed by atoms with Crippen molar-refractivity contribution in [2.24, 2.45) is 0 Å². The van der Waals surface area contributed by atoms with Crippen LogP contribution in [0.2, 0.25) is 5.02 Å². The van der Waals surface area contributed by atoms with Crippen LogP contribution in [0.25, 0.3) is 0 Å². The Balaban J connectivity index is 2.09. The molecule has 0 aliphatic rings. The average molecular weight is 337 g/mol. The summed E-state index contributed by atoms with van der Waals surface area (Å²) in [7, 11) is 0. The van der Waals surface area contributed by atoms with Crippen molar-refractivity contribution in [2.45, 2.75) is 13.0 Å². The highest BCUT2D eigenvalue weighted by Gasteiger charge is 2.18. The number of non-ortho nitro benzene ring substituents is 1. The largest absolute Gasteiger partial charge is 0.506 e. The van der Waals surface area contributed by atoms with Crippen LogP contribution in [0.15, 0.2) is 42.5 Å². The second-order valence-corrected chi connectivity index (χ2v) is 5.10. The fraction of sp³-hybridized carbons (Fsp3) is 0.133. The minimum Gasteiger partial charge on any atom is -0.506 e. The Hall–Kier alpha value is -2.80. The maximum absolute atomic E-state index is 12.1. The van der Waals surface area contributed by atoms with Crippen LogP contribution >= 0.6 is 11.6 Å². The van der Waals surface area contributed by atoms with Gasteiger partial charge in [0, 0.05) is 17.2 Å². The molecule has 1 amide bonds. The maximum Gasteiger partial charge on any atom is 0.271 e. The number of halogens is 1. The number of phenolic OH excluding ortho intramolecular Hbond substituents is 1. The summed E-state index contributed by atoms with van der Waals surface area (Å²) in [6, 6.07) is 9.87. The molecule has 23 heavy (non-hydrogen) atoms. The van der Waals surface area contributed by atoms with Crippen molar-refractivity contribution in [1.82, 2.24) is 0 Å². The zero-order valence-corrected chi connectivity index (χ0v) is 12.8. The van der Waals surface area contributed by atoms with E-state index in [4.69, 9.17) is 16.3 Å². The van der Waals surface area contributed by atoms with E-state index in [-0.39, 0.29) is 17.1 Å². The Kier molecular flexibility index (Phi) is 5.02. The summed E-state index contributed by atoms with van der Waals surface area (Å²) in [5.74, 6) is -0.442. The molecule has 1 atom stereocenters. The SMILES string of the molecule is CC(Oc1cccc(Cl)c1)C(=O)Nc1cc([N+](=O)[O-])ccc1O. The highest BCUT2D eigenvalue weighted by molar-refractivity contribution is 6.30. The Bertz CT molecular complexity index is 750. The number of rotatable bonds is 5. The summed E-state index contributed by atoms with van der Waals surface area (Å²) >= 11 is 5.83. The van der Waals surface area contributed by atoms with Crippen LogP contribution in [0.5, 0.6) is 11.5 Å². The topological polar surface area (TPSA) is 102 Å². The van der Waals surface area contributed by atoms with Gasteiger partial charge in [0.25, 0.3) is 11.6 Å². The number of carbonyl (C=O) groups excluding carboxylic acids is 1. The molecule has 0 fully saturated rings. The van der Waals surface area contributed by atoms with Crippen molar-refractivity contribution < 1.29 is 19.6 Å². The summed E-state index contributed by atoms with van der Waals surface area (Å²) in [4.78, 5) is 22.2. The quantitative estimate of drug-likeness (QED) is 0.495. The Morgan fingerprint density at radius 2 is 2.09 bits per heavy atom. The lowest BCUT2D eigenvalue weighted by molar-refractivity contribution is -0.384. The molecule has 120 valence electrons. The molecule has 0 aromatic heterocycles. The predicted octanol–water partition coefficient (Wildman–Crippen LogP) is 3.36. The van der Waals surface area contributed by atoms with Gasteiger partial charge in [-0.15, -0.1) is 0 Å². The molecule has 7 nitrogen and oxygen atoms in total. The second kappa shape index (κ2) is 6.97. The Morgan fingerprint density at radius 3 is 2.74 bits per heavy atom. The van der Waals surface area contributed by atoms with Crippen LogP contribution in [0.3, 0.4) is 0 Å². The number of benzene rings is 2.